The van der Waals surface area contributed by atoms with Gasteiger partial charge in [-0.25, -0.2) is 31.1 Å². The number of anilines is 1. The molecule has 4 rings (SSSR count). The van der Waals surface area contributed by atoms with Crippen LogP contribution >= 0.6 is 0 Å². The lowest BCUT2D eigenvalue weighted by Crippen LogP contribution is -2.41. The lowest BCUT2D eigenvalue weighted by Gasteiger charge is -2.27. The standard InChI is InChI=1S/C12H7F3N4.C6H13NO3S/c13-7-3-1-2-6(11(7)15)9-4-8(14)10-5-17-12(16)18-19(9)10;1-11(9,10)7-4-2-3-6(8)5-7/h1-5H,(H2,16,18);6,8H,2-5H2,1H3. The number of aliphatic hydroxyl groups is 1. The number of rotatable bonds is 2. The Balaban J connectivity index is 0.000000199. The number of hydrogen-bond donors (Lipinski definition) is 2. The molecule has 0 amide bonds. The maximum Gasteiger partial charge on any atom is 0.238 e. The van der Waals surface area contributed by atoms with E-state index in [-0.39, 0.29) is 29.3 Å². The summed E-state index contributed by atoms with van der Waals surface area (Å²) < 4.78 is 65.0. The lowest BCUT2D eigenvalue weighted by atomic mass is 10.1. The molecule has 1 unspecified atom stereocenters. The van der Waals surface area contributed by atoms with E-state index in [1.807, 2.05) is 0 Å². The first kappa shape index (κ1) is 22.0. The predicted molar refractivity (Wildman–Crippen MR) is 104 cm³/mol. The zero-order valence-electron chi connectivity index (χ0n) is 16.0. The number of β-amino-alcohol motifs (C(OH)–C–C–N with tert-alkyl or cyclic N) is 1. The number of fused-ring (bicyclic) bond motifs is 1. The van der Waals surface area contributed by atoms with Crippen LogP contribution in [0.3, 0.4) is 0 Å². The third-order valence-electron chi connectivity index (χ3n) is 4.54. The van der Waals surface area contributed by atoms with Crippen molar-refractivity contribution in [2.75, 3.05) is 25.1 Å². The lowest BCUT2D eigenvalue weighted by molar-refractivity contribution is 0.108. The smallest absolute Gasteiger partial charge is 0.238 e. The molecule has 1 aliphatic heterocycles. The Morgan fingerprint density at radius 2 is 1.97 bits per heavy atom. The largest absolute Gasteiger partial charge is 0.392 e. The van der Waals surface area contributed by atoms with Crippen LogP contribution in [0.25, 0.3) is 16.8 Å². The SMILES string of the molecule is CS(=O)(=O)N1CCCC(O)C1.Nc1ncc2c(F)cc(-c3cccc(F)c3F)n2n1. The van der Waals surface area contributed by atoms with Crippen molar-refractivity contribution in [1.82, 2.24) is 18.9 Å². The molecule has 162 valence electrons. The van der Waals surface area contributed by atoms with E-state index in [9.17, 15) is 21.6 Å². The number of piperidine rings is 1. The van der Waals surface area contributed by atoms with E-state index in [1.54, 1.807) is 0 Å². The van der Waals surface area contributed by atoms with Crippen LogP contribution < -0.4 is 5.73 Å². The van der Waals surface area contributed by atoms with Gasteiger partial charge in [-0.2, -0.15) is 4.31 Å². The molecule has 0 radical (unpaired) electrons. The monoisotopic (exact) mass is 443 g/mol. The van der Waals surface area contributed by atoms with Gasteiger partial charge >= 0.3 is 0 Å². The van der Waals surface area contributed by atoms with E-state index >= 15 is 0 Å². The van der Waals surface area contributed by atoms with Gasteiger partial charge < -0.3 is 10.8 Å². The summed E-state index contributed by atoms with van der Waals surface area (Å²) in [5.74, 6) is -2.83. The zero-order valence-corrected chi connectivity index (χ0v) is 16.8. The fourth-order valence-electron chi connectivity index (χ4n) is 3.08. The highest BCUT2D eigenvalue weighted by Crippen LogP contribution is 2.27. The Morgan fingerprint density at radius 3 is 2.60 bits per heavy atom. The number of benzene rings is 1. The van der Waals surface area contributed by atoms with Gasteiger partial charge in [-0.05, 0) is 25.0 Å². The molecule has 3 heterocycles. The van der Waals surface area contributed by atoms with Crippen LogP contribution in [0.1, 0.15) is 12.8 Å². The number of nitrogens with two attached hydrogens (primary N) is 1. The summed E-state index contributed by atoms with van der Waals surface area (Å²) in [5, 5.41) is 12.9. The number of nitrogen functional groups attached to an aromatic ring is 1. The second-order valence-electron chi connectivity index (χ2n) is 6.81. The summed E-state index contributed by atoms with van der Waals surface area (Å²) in [7, 11) is -3.09. The molecule has 1 atom stereocenters. The van der Waals surface area contributed by atoms with Crippen molar-refractivity contribution in [3.63, 3.8) is 0 Å². The maximum absolute atomic E-state index is 13.7. The molecule has 1 aliphatic rings. The average Bonchev–Trinajstić information content (AvgIpc) is 2.99. The van der Waals surface area contributed by atoms with Gasteiger partial charge in [-0.1, -0.05) is 6.07 Å². The topological polar surface area (TPSA) is 114 Å². The maximum atomic E-state index is 13.7. The number of aromatic nitrogens is 3. The minimum Gasteiger partial charge on any atom is -0.392 e. The van der Waals surface area contributed by atoms with E-state index in [1.165, 1.54) is 28.9 Å². The molecule has 0 saturated carbocycles. The Labute approximate surface area is 170 Å². The van der Waals surface area contributed by atoms with Crippen molar-refractivity contribution >= 4 is 21.5 Å². The predicted octanol–water partition coefficient (Wildman–Crippen LogP) is 1.80. The highest BCUT2D eigenvalue weighted by Gasteiger charge is 2.24. The Morgan fingerprint density at radius 1 is 1.23 bits per heavy atom. The highest BCUT2D eigenvalue weighted by molar-refractivity contribution is 7.88. The van der Waals surface area contributed by atoms with Gasteiger partial charge in [0.1, 0.15) is 5.52 Å². The number of nitrogens with zero attached hydrogens (tertiary/aromatic N) is 4. The minimum atomic E-state index is -3.09. The minimum absolute atomic E-state index is 0.0351. The van der Waals surface area contributed by atoms with Gasteiger partial charge in [0.15, 0.2) is 17.5 Å². The molecule has 0 bridgehead atoms. The molecular formula is C18H20F3N5O3S. The van der Waals surface area contributed by atoms with E-state index < -0.39 is 33.6 Å². The van der Waals surface area contributed by atoms with Crippen LogP contribution in [0.2, 0.25) is 0 Å². The summed E-state index contributed by atoms with van der Waals surface area (Å²) in [6.07, 6.45) is 3.35. The summed E-state index contributed by atoms with van der Waals surface area (Å²) >= 11 is 0. The van der Waals surface area contributed by atoms with Gasteiger partial charge in [0.25, 0.3) is 0 Å². The van der Waals surface area contributed by atoms with Crippen LogP contribution in [0, 0.1) is 17.5 Å². The molecule has 2 aromatic heterocycles. The van der Waals surface area contributed by atoms with E-state index in [2.05, 4.69) is 10.1 Å². The van der Waals surface area contributed by atoms with Gasteiger partial charge in [-0.3, -0.25) is 0 Å². The van der Waals surface area contributed by atoms with Gasteiger partial charge in [0, 0.05) is 24.7 Å². The second kappa shape index (κ2) is 8.58. The zero-order chi connectivity index (χ0) is 22.1. The van der Waals surface area contributed by atoms with Crippen molar-refractivity contribution < 1.29 is 26.7 Å². The molecule has 1 saturated heterocycles. The molecule has 1 fully saturated rings. The quantitative estimate of drug-likeness (QED) is 0.624. The van der Waals surface area contributed by atoms with Gasteiger partial charge in [0.2, 0.25) is 16.0 Å². The van der Waals surface area contributed by atoms with Crippen molar-refractivity contribution in [2.24, 2.45) is 0 Å². The van der Waals surface area contributed by atoms with Crippen molar-refractivity contribution in [2.45, 2.75) is 18.9 Å². The first-order chi connectivity index (χ1) is 14.1. The molecule has 8 nitrogen and oxygen atoms in total. The van der Waals surface area contributed by atoms with E-state index in [0.717, 1.165) is 23.1 Å². The summed E-state index contributed by atoms with van der Waals surface area (Å²) in [6.45, 7) is 0.814. The van der Waals surface area contributed by atoms with Crippen LogP contribution in [-0.4, -0.2) is 57.9 Å². The fraction of sp³-hybridized carbons (Fsp3) is 0.333. The number of aliphatic hydroxyl groups excluding tert-OH is 1. The molecule has 3 aromatic rings. The van der Waals surface area contributed by atoms with E-state index in [4.69, 9.17) is 10.8 Å². The third kappa shape index (κ3) is 4.71. The van der Waals surface area contributed by atoms with Crippen LogP contribution in [0.4, 0.5) is 19.1 Å². The fourth-order valence-corrected chi connectivity index (χ4v) is 3.98. The van der Waals surface area contributed by atoms with Crippen LogP contribution in [0.5, 0.6) is 0 Å². The summed E-state index contributed by atoms with van der Waals surface area (Å²) in [5.41, 5.74) is 5.42. The average molecular weight is 443 g/mol. The molecule has 0 aliphatic carbocycles. The molecule has 3 N–H and O–H groups in total. The molecule has 0 spiro atoms. The molecule has 12 heteroatoms. The summed E-state index contributed by atoms with van der Waals surface area (Å²) in [6, 6.07) is 4.70. The Bertz CT molecular complexity index is 1170. The van der Waals surface area contributed by atoms with Crippen LogP contribution in [-0.2, 0) is 10.0 Å². The molecule has 30 heavy (non-hydrogen) atoms. The van der Waals surface area contributed by atoms with Crippen molar-refractivity contribution in [1.29, 1.82) is 0 Å². The third-order valence-corrected chi connectivity index (χ3v) is 5.81. The normalized spacial score (nSPS) is 17.6. The van der Waals surface area contributed by atoms with Gasteiger partial charge in [0.05, 0.1) is 24.3 Å². The van der Waals surface area contributed by atoms with E-state index in [0.29, 0.717) is 13.0 Å². The molecule has 1 aromatic carbocycles. The first-order valence-corrected chi connectivity index (χ1v) is 10.8. The van der Waals surface area contributed by atoms with Crippen molar-refractivity contribution in [3.05, 3.63) is 47.9 Å². The number of halogens is 3. The number of hydrogen-bond acceptors (Lipinski definition) is 6. The Hall–Kier alpha value is -2.70. The summed E-state index contributed by atoms with van der Waals surface area (Å²) in [4.78, 5) is 3.65. The van der Waals surface area contributed by atoms with Crippen LogP contribution in [0.15, 0.2) is 30.5 Å². The van der Waals surface area contributed by atoms with Gasteiger partial charge in [-0.15, -0.1) is 5.10 Å². The number of sulfonamides is 1. The second-order valence-corrected chi connectivity index (χ2v) is 8.79. The molecular weight excluding hydrogens is 423 g/mol. The highest BCUT2D eigenvalue weighted by atomic mass is 32.2. The van der Waals surface area contributed by atoms with Crippen molar-refractivity contribution in [3.8, 4) is 11.3 Å². The Kier molecular flexibility index (Phi) is 6.29. The first-order valence-electron chi connectivity index (χ1n) is 8.95.